The number of sulfonamides is 1. The highest BCUT2D eigenvalue weighted by Gasteiger charge is 2.28. The van der Waals surface area contributed by atoms with E-state index in [0.29, 0.717) is 18.7 Å². The molecule has 1 fully saturated rings. The fourth-order valence-electron chi connectivity index (χ4n) is 4.07. The molecule has 1 aliphatic rings. The van der Waals surface area contributed by atoms with Crippen LogP contribution in [-0.2, 0) is 14.8 Å². The molecule has 0 amide bonds. The zero-order valence-corrected chi connectivity index (χ0v) is 16.2. The largest absolute Gasteiger partial charge is 0.465 e. The van der Waals surface area contributed by atoms with Gasteiger partial charge in [-0.3, -0.25) is 0 Å². The van der Waals surface area contributed by atoms with Crippen LogP contribution in [0.15, 0.2) is 42.5 Å². The van der Waals surface area contributed by atoms with Crippen LogP contribution in [0.25, 0.3) is 21.8 Å². The number of carbonyl (C=O) groups is 1. The molecule has 27 heavy (non-hydrogen) atoms. The van der Waals surface area contributed by atoms with Crippen LogP contribution in [0.5, 0.6) is 0 Å². The van der Waals surface area contributed by atoms with Crippen LogP contribution in [0.3, 0.4) is 0 Å². The number of ether oxygens (including phenoxy) is 1. The van der Waals surface area contributed by atoms with E-state index in [2.05, 4.69) is 16.7 Å². The average molecular weight is 386 g/mol. The molecule has 6 nitrogen and oxygen atoms in total. The highest BCUT2D eigenvalue weighted by atomic mass is 32.2. The number of hydrogen-bond donors (Lipinski definition) is 0. The molecule has 2 aromatic carbocycles. The number of fused-ring (bicyclic) bond motifs is 3. The van der Waals surface area contributed by atoms with Crippen molar-refractivity contribution in [2.75, 3.05) is 26.5 Å². The molecule has 0 saturated carbocycles. The number of rotatable bonds is 3. The number of para-hydroxylation sites is 1. The number of methoxy groups -OCH3 is 1. The minimum Gasteiger partial charge on any atom is -0.465 e. The van der Waals surface area contributed by atoms with Gasteiger partial charge in [-0.2, -0.15) is 0 Å². The predicted octanol–water partition coefficient (Wildman–Crippen LogP) is 3.18. The third-order valence-corrected chi connectivity index (χ3v) is 6.69. The zero-order valence-electron chi connectivity index (χ0n) is 15.4. The highest BCUT2D eigenvalue weighted by molar-refractivity contribution is 7.88. The summed E-state index contributed by atoms with van der Waals surface area (Å²) < 4.78 is 32.3. The van der Waals surface area contributed by atoms with Crippen molar-refractivity contribution in [3.05, 3.63) is 48.0 Å². The first-order valence-electron chi connectivity index (χ1n) is 8.96. The summed E-state index contributed by atoms with van der Waals surface area (Å²) in [5.41, 5.74) is 2.60. The van der Waals surface area contributed by atoms with Crippen LogP contribution in [0.2, 0.25) is 0 Å². The SMILES string of the molecule is COC(=O)c1ccc2c3ccccc3n(C3CCN(S(C)(=O)=O)CC3)c2c1. The van der Waals surface area contributed by atoms with E-state index < -0.39 is 10.0 Å². The molecule has 0 N–H and O–H groups in total. The van der Waals surface area contributed by atoms with Crippen molar-refractivity contribution in [3.8, 4) is 0 Å². The predicted molar refractivity (Wildman–Crippen MR) is 105 cm³/mol. The fraction of sp³-hybridized carbons (Fsp3) is 0.350. The monoisotopic (exact) mass is 386 g/mol. The lowest BCUT2D eigenvalue weighted by atomic mass is 10.1. The molecule has 1 saturated heterocycles. The topological polar surface area (TPSA) is 68.6 Å². The lowest BCUT2D eigenvalue weighted by molar-refractivity contribution is 0.0601. The Bertz CT molecular complexity index is 1130. The van der Waals surface area contributed by atoms with Crippen molar-refractivity contribution in [3.63, 3.8) is 0 Å². The number of carbonyl (C=O) groups excluding carboxylic acids is 1. The molecule has 142 valence electrons. The van der Waals surface area contributed by atoms with Crippen molar-refractivity contribution in [1.29, 1.82) is 0 Å². The smallest absolute Gasteiger partial charge is 0.337 e. The maximum Gasteiger partial charge on any atom is 0.337 e. The summed E-state index contributed by atoms with van der Waals surface area (Å²) in [6.07, 6.45) is 2.74. The van der Waals surface area contributed by atoms with Gasteiger partial charge in [0, 0.05) is 35.4 Å². The van der Waals surface area contributed by atoms with Gasteiger partial charge >= 0.3 is 5.97 Å². The maximum atomic E-state index is 12.0. The molecule has 0 unspecified atom stereocenters. The van der Waals surface area contributed by atoms with Crippen LogP contribution in [0.4, 0.5) is 0 Å². The lowest BCUT2D eigenvalue weighted by Crippen LogP contribution is -2.38. The summed E-state index contributed by atoms with van der Waals surface area (Å²) in [7, 11) is -1.78. The van der Waals surface area contributed by atoms with Crippen molar-refractivity contribution in [2.45, 2.75) is 18.9 Å². The van der Waals surface area contributed by atoms with Crippen molar-refractivity contribution >= 4 is 37.8 Å². The molecular weight excluding hydrogens is 364 g/mol. The third kappa shape index (κ3) is 3.11. The first kappa shape index (κ1) is 18.0. The van der Waals surface area contributed by atoms with Crippen LogP contribution in [0.1, 0.15) is 29.2 Å². The Labute approximate surface area is 158 Å². The Morgan fingerprint density at radius 3 is 2.37 bits per heavy atom. The molecular formula is C20H22N2O4S. The second-order valence-electron chi connectivity index (χ2n) is 7.00. The Morgan fingerprint density at radius 1 is 1.04 bits per heavy atom. The van der Waals surface area contributed by atoms with Gasteiger partial charge in [-0.25, -0.2) is 17.5 Å². The molecule has 4 rings (SSSR count). The number of aromatic nitrogens is 1. The molecule has 0 spiro atoms. The number of benzene rings is 2. The molecule has 0 aliphatic carbocycles. The summed E-state index contributed by atoms with van der Waals surface area (Å²) in [6, 6.07) is 14.0. The van der Waals surface area contributed by atoms with E-state index in [9.17, 15) is 13.2 Å². The minimum atomic E-state index is -3.16. The lowest BCUT2D eigenvalue weighted by Gasteiger charge is -2.32. The van der Waals surface area contributed by atoms with Crippen LogP contribution < -0.4 is 0 Å². The van der Waals surface area contributed by atoms with Gasteiger partial charge in [0.15, 0.2) is 0 Å². The third-order valence-electron chi connectivity index (χ3n) is 5.39. The summed E-state index contributed by atoms with van der Waals surface area (Å²) in [5.74, 6) is -0.361. The van der Waals surface area contributed by atoms with E-state index >= 15 is 0 Å². The van der Waals surface area contributed by atoms with Gasteiger partial charge in [0.25, 0.3) is 0 Å². The van der Waals surface area contributed by atoms with E-state index in [1.165, 1.54) is 17.7 Å². The minimum absolute atomic E-state index is 0.179. The van der Waals surface area contributed by atoms with Crippen LogP contribution in [-0.4, -0.2) is 49.7 Å². The molecule has 7 heteroatoms. The van der Waals surface area contributed by atoms with E-state index in [4.69, 9.17) is 4.74 Å². The second-order valence-corrected chi connectivity index (χ2v) is 8.99. The Hall–Kier alpha value is -2.38. The van der Waals surface area contributed by atoms with Gasteiger partial charge in [0.05, 0.1) is 24.4 Å². The van der Waals surface area contributed by atoms with Crippen molar-refractivity contribution in [2.24, 2.45) is 0 Å². The summed E-state index contributed by atoms with van der Waals surface area (Å²) in [6.45, 7) is 1.02. The van der Waals surface area contributed by atoms with Gasteiger partial charge in [-0.05, 0) is 31.0 Å². The van der Waals surface area contributed by atoms with Gasteiger partial charge < -0.3 is 9.30 Å². The Morgan fingerprint density at radius 2 is 1.70 bits per heavy atom. The molecule has 0 bridgehead atoms. The van der Waals surface area contributed by atoms with E-state index in [0.717, 1.165) is 34.6 Å². The Kier molecular flexibility index (Phi) is 4.44. The van der Waals surface area contributed by atoms with Gasteiger partial charge in [0.1, 0.15) is 0 Å². The first-order chi connectivity index (χ1) is 12.9. The molecule has 1 aliphatic heterocycles. The van der Waals surface area contributed by atoms with E-state index in [1.54, 1.807) is 6.07 Å². The molecule has 0 radical (unpaired) electrons. The van der Waals surface area contributed by atoms with Crippen molar-refractivity contribution < 1.29 is 17.9 Å². The number of hydrogen-bond acceptors (Lipinski definition) is 4. The normalized spacial score (nSPS) is 16.8. The van der Waals surface area contributed by atoms with E-state index in [-0.39, 0.29) is 12.0 Å². The number of piperidine rings is 1. The first-order valence-corrected chi connectivity index (χ1v) is 10.8. The summed E-state index contributed by atoms with van der Waals surface area (Å²) >= 11 is 0. The summed E-state index contributed by atoms with van der Waals surface area (Å²) in [5, 5.41) is 2.22. The van der Waals surface area contributed by atoms with Gasteiger partial charge in [-0.15, -0.1) is 0 Å². The van der Waals surface area contributed by atoms with Crippen LogP contribution >= 0.6 is 0 Å². The molecule has 1 aromatic heterocycles. The number of nitrogens with zero attached hydrogens (tertiary/aromatic N) is 2. The fourth-order valence-corrected chi connectivity index (χ4v) is 4.94. The highest BCUT2D eigenvalue weighted by Crippen LogP contribution is 2.36. The molecule has 3 aromatic rings. The van der Waals surface area contributed by atoms with E-state index in [1.807, 2.05) is 24.3 Å². The maximum absolute atomic E-state index is 12.0. The van der Waals surface area contributed by atoms with Crippen molar-refractivity contribution in [1.82, 2.24) is 8.87 Å². The molecule has 0 atom stereocenters. The average Bonchev–Trinajstić information content (AvgIpc) is 3.00. The second kappa shape index (κ2) is 6.65. The molecule has 2 heterocycles. The number of esters is 1. The standard InChI is InChI=1S/C20H22N2O4S/c1-26-20(23)14-7-8-17-16-5-3-4-6-18(16)22(19(17)13-14)15-9-11-21(12-10-15)27(2,24)25/h3-8,13,15H,9-12H2,1-2H3. The quantitative estimate of drug-likeness (QED) is 0.649. The Balaban J connectivity index is 1.84. The zero-order chi connectivity index (χ0) is 19.2. The van der Waals surface area contributed by atoms with Gasteiger partial charge in [0.2, 0.25) is 10.0 Å². The van der Waals surface area contributed by atoms with Crippen LogP contribution in [0, 0.1) is 0 Å². The summed E-state index contributed by atoms with van der Waals surface area (Å²) in [4.78, 5) is 12.0. The van der Waals surface area contributed by atoms with Gasteiger partial charge in [-0.1, -0.05) is 24.3 Å².